The molecule has 44 heavy (non-hydrogen) atoms. The molecule has 0 fully saturated rings. The standard InChI is InChI=1S/C35H63O8P/c1-4-6-8-10-12-14-16-17-18-20-22-24-26-28-30-35(37)43-33(32-42-44(38,39)40-3)31-41-34(36)29-27-25-23-21-19-15-13-11-9-7-5-2/h10-13,16-17,33H,4-9,14-15,18-32H2,1-3H3,(H,38,39)/b12-10-,13-11-,17-16-. The van der Waals surface area contributed by atoms with Crippen LogP contribution in [0.2, 0.25) is 0 Å². The molecule has 256 valence electrons. The Balaban J connectivity index is 4.16. The molecule has 0 aliphatic carbocycles. The Bertz CT molecular complexity index is 824. The smallest absolute Gasteiger partial charge is 0.462 e. The summed E-state index contributed by atoms with van der Waals surface area (Å²) in [5, 5.41) is 0. The van der Waals surface area contributed by atoms with E-state index in [4.69, 9.17) is 14.0 Å². The Kier molecular flexibility index (Phi) is 30.0. The van der Waals surface area contributed by atoms with Crippen LogP contribution in [0.4, 0.5) is 0 Å². The van der Waals surface area contributed by atoms with Gasteiger partial charge in [-0.1, -0.05) is 115 Å². The molecule has 0 aromatic heterocycles. The number of carbonyl (C=O) groups is 2. The number of hydrogen-bond acceptors (Lipinski definition) is 7. The Morgan fingerprint density at radius 1 is 0.636 bits per heavy atom. The summed E-state index contributed by atoms with van der Waals surface area (Å²) in [6.07, 6.45) is 33.4. The first-order valence-electron chi connectivity index (χ1n) is 17.2. The van der Waals surface area contributed by atoms with Crippen LogP contribution < -0.4 is 0 Å². The highest BCUT2D eigenvalue weighted by Crippen LogP contribution is 2.42. The van der Waals surface area contributed by atoms with Gasteiger partial charge in [0.25, 0.3) is 0 Å². The van der Waals surface area contributed by atoms with E-state index in [-0.39, 0.29) is 25.4 Å². The van der Waals surface area contributed by atoms with Gasteiger partial charge in [0.15, 0.2) is 6.10 Å². The Morgan fingerprint density at radius 2 is 1.09 bits per heavy atom. The van der Waals surface area contributed by atoms with Crippen LogP contribution in [0.25, 0.3) is 0 Å². The van der Waals surface area contributed by atoms with Crippen LogP contribution in [0.5, 0.6) is 0 Å². The van der Waals surface area contributed by atoms with Gasteiger partial charge in [-0.05, 0) is 57.8 Å². The second kappa shape index (κ2) is 31.3. The van der Waals surface area contributed by atoms with Crippen molar-refractivity contribution in [3.8, 4) is 0 Å². The summed E-state index contributed by atoms with van der Waals surface area (Å²) in [6.45, 7) is 3.76. The monoisotopic (exact) mass is 642 g/mol. The third kappa shape index (κ3) is 30.3. The lowest BCUT2D eigenvalue weighted by molar-refractivity contribution is -0.161. The minimum atomic E-state index is -4.26. The summed E-state index contributed by atoms with van der Waals surface area (Å²) in [7, 11) is -3.20. The molecule has 0 amide bonds. The zero-order valence-electron chi connectivity index (χ0n) is 28.1. The molecule has 1 N–H and O–H groups in total. The lowest BCUT2D eigenvalue weighted by Gasteiger charge is -2.19. The molecule has 0 aliphatic heterocycles. The zero-order chi connectivity index (χ0) is 32.6. The van der Waals surface area contributed by atoms with Crippen molar-refractivity contribution in [2.24, 2.45) is 0 Å². The van der Waals surface area contributed by atoms with Crippen molar-refractivity contribution in [1.29, 1.82) is 0 Å². The van der Waals surface area contributed by atoms with E-state index >= 15 is 0 Å². The SMILES string of the molecule is CCCC/C=C\C/C=C\CCCCCCCC(=O)OC(COC(=O)CCCCCCC/C=C\CCCC)COP(=O)(O)OC. The van der Waals surface area contributed by atoms with Gasteiger partial charge in [-0.2, -0.15) is 0 Å². The van der Waals surface area contributed by atoms with E-state index in [1.165, 1.54) is 25.7 Å². The molecule has 0 saturated carbocycles. The normalized spacial score (nSPS) is 14.0. The number of phosphoric ester groups is 1. The van der Waals surface area contributed by atoms with Gasteiger partial charge < -0.3 is 14.4 Å². The molecule has 9 heteroatoms. The summed E-state index contributed by atoms with van der Waals surface area (Å²) >= 11 is 0. The van der Waals surface area contributed by atoms with E-state index in [1.54, 1.807) is 0 Å². The molecule has 0 aromatic rings. The summed E-state index contributed by atoms with van der Waals surface area (Å²) < 4.78 is 31.7. The van der Waals surface area contributed by atoms with Crippen LogP contribution >= 0.6 is 7.82 Å². The number of unbranched alkanes of at least 4 members (excludes halogenated alkanes) is 14. The van der Waals surface area contributed by atoms with Gasteiger partial charge in [-0.15, -0.1) is 0 Å². The molecular weight excluding hydrogens is 579 g/mol. The second-order valence-electron chi connectivity index (χ2n) is 11.3. The number of allylic oxidation sites excluding steroid dienone is 6. The highest BCUT2D eigenvalue weighted by molar-refractivity contribution is 7.47. The van der Waals surface area contributed by atoms with Crippen LogP contribution in [0, 0.1) is 0 Å². The minimum absolute atomic E-state index is 0.226. The van der Waals surface area contributed by atoms with Crippen LogP contribution in [-0.2, 0) is 32.7 Å². The van der Waals surface area contributed by atoms with Gasteiger partial charge in [0, 0.05) is 20.0 Å². The van der Waals surface area contributed by atoms with Crippen molar-refractivity contribution < 1.29 is 37.6 Å². The average Bonchev–Trinajstić information content (AvgIpc) is 3.01. The van der Waals surface area contributed by atoms with Crippen molar-refractivity contribution in [2.75, 3.05) is 20.3 Å². The number of rotatable bonds is 31. The fourth-order valence-corrected chi connectivity index (χ4v) is 4.82. The number of phosphoric acid groups is 1. The number of hydrogen-bond donors (Lipinski definition) is 1. The van der Waals surface area contributed by atoms with Gasteiger partial charge in [-0.3, -0.25) is 18.6 Å². The minimum Gasteiger partial charge on any atom is -0.462 e. The molecule has 0 bridgehead atoms. The molecule has 0 spiro atoms. The zero-order valence-corrected chi connectivity index (χ0v) is 29.0. The molecule has 2 atom stereocenters. The van der Waals surface area contributed by atoms with Crippen molar-refractivity contribution >= 4 is 19.8 Å². The van der Waals surface area contributed by atoms with Crippen LogP contribution in [0.1, 0.15) is 149 Å². The lowest BCUT2D eigenvalue weighted by Crippen LogP contribution is -2.29. The molecule has 0 aliphatic rings. The largest absolute Gasteiger partial charge is 0.472 e. The second-order valence-corrected chi connectivity index (χ2v) is 12.8. The van der Waals surface area contributed by atoms with E-state index in [1.807, 2.05) is 0 Å². The maximum Gasteiger partial charge on any atom is 0.472 e. The fourth-order valence-electron chi connectivity index (χ4n) is 4.36. The highest BCUT2D eigenvalue weighted by Gasteiger charge is 2.24. The van der Waals surface area contributed by atoms with E-state index in [9.17, 15) is 19.0 Å². The molecule has 0 radical (unpaired) electrons. The van der Waals surface area contributed by atoms with E-state index in [2.05, 4.69) is 54.8 Å². The Labute approximate surface area is 268 Å². The molecule has 0 aromatic carbocycles. The molecule has 0 saturated heterocycles. The van der Waals surface area contributed by atoms with Crippen molar-refractivity contribution in [3.05, 3.63) is 36.5 Å². The van der Waals surface area contributed by atoms with Gasteiger partial charge in [0.05, 0.1) is 6.61 Å². The highest BCUT2D eigenvalue weighted by atomic mass is 31.2. The van der Waals surface area contributed by atoms with Crippen LogP contribution in [-0.4, -0.2) is 43.3 Å². The average molecular weight is 643 g/mol. The third-order valence-corrected chi connectivity index (χ3v) is 8.04. The number of esters is 2. The van der Waals surface area contributed by atoms with Crippen molar-refractivity contribution in [2.45, 2.75) is 155 Å². The first kappa shape index (κ1) is 42.3. The van der Waals surface area contributed by atoms with Gasteiger partial charge in [-0.25, -0.2) is 4.57 Å². The molecule has 2 unspecified atom stereocenters. The fraction of sp³-hybridized carbons (Fsp3) is 0.771. The first-order chi connectivity index (χ1) is 21.3. The predicted octanol–water partition coefficient (Wildman–Crippen LogP) is 10.1. The van der Waals surface area contributed by atoms with E-state index < -0.39 is 26.5 Å². The Morgan fingerprint density at radius 3 is 1.61 bits per heavy atom. The maximum absolute atomic E-state index is 12.4. The molecule has 0 rings (SSSR count). The summed E-state index contributed by atoms with van der Waals surface area (Å²) in [5.74, 6) is -0.836. The molecule has 0 heterocycles. The number of carbonyl (C=O) groups excluding carboxylic acids is 2. The van der Waals surface area contributed by atoms with Crippen molar-refractivity contribution in [1.82, 2.24) is 0 Å². The van der Waals surface area contributed by atoms with E-state index in [0.717, 1.165) is 97.0 Å². The van der Waals surface area contributed by atoms with Gasteiger partial charge in [0.1, 0.15) is 6.61 Å². The van der Waals surface area contributed by atoms with Crippen LogP contribution in [0.3, 0.4) is 0 Å². The van der Waals surface area contributed by atoms with Gasteiger partial charge in [0.2, 0.25) is 0 Å². The number of ether oxygens (including phenoxy) is 2. The predicted molar refractivity (Wildman–Crippen MR) is 179 cm³/mol. The lowest BCUT2D eigenvalue weighted by atomic mass is 10.1. The summed E-state index contributed by atoms with van der Waals surface area (Å²) in [5.41, 5.74) is 0. The van der Waals surface area contributed by atoms with Crippen molar-refractivity contribution in [3.63, 3.8) is 0 Å². The summed E-state index contributed by atoms with van der Waals surface area (Å²) in [4.78, 5) is 34.2. The quantitative estimate of drug-likeness (QED) is 0.0344. The maximum atomic E-state index is 12.4. The first-order valence-corrected chi connectivity index (χ1v) is 18.7. The van der Waals surface area contributed by atoms with Gasteiger partial charge >= 0.3 is 19.8 Å². The van der Waals surface area contributed by atoms with E-state index in [0.29, 0.717) is 6.42 Å². The third-order valence-electron chi connectivity index (χ3n) is 7.11. The Hall–Kier alpha value is -1.73. The molecule has 8 nitrogen and oxygen atoms in total. The summed E-state index contributed by atoms with van der Waals surface area (Å²) in [6, 6.07) is 0. The molecular formula is C35H63O8P. The topological polar surface area (TPSA) is 108 Å². The van der Waals surface area contributed by atoms with Crippen LogP contribution in [0.15, 0.2) is 36.5 Å².